The number of aromatic nitrogens is 3. The molecule has 1 aliphatic carbocycles. The third-order valence-electron chi connectivity index (χ3n) is 5.47. The zero-order valence-corrected chi connectivity index (χ0v) is 17.1. The number of fused-ring (bicyclic) bond motifs is 1. The van der Waals surface area contributed by atoms with Gasteiger partial charge in [0.05, 0.1) is 23.6 Å². The molecule has 0 bridgehead atoms. The maximum Gasteiger partial charge on any atom is 0.244 e. The smallest absolute Gasteiger partial charge is 0.244 e. The van der Waals surface area contributed by atoms with Crippen molar-refractivity contribution < 1.29 is 4.79 Å². The molecule has 0 radical (unpaired) electrons. The van der Waals surface area contributed by atoms with Crippen LogP contribution in [-0.2, 0) is 11.2 Å². The number of amides is 1. The molecule has 0 saturated heterocycles. The molecule has 1 aromatic carbocycles. The molecule has 0 saturated carbocycles. The third-order valence-corrected chi connectivity index (χ3v) is 5.47. The van der Waals surface area contributed by atoms with E-state index in [1.807, 2.05) is 41.2 Å². The standard InChI is InChI=1S/C24H26N4O/c1-17-6-4-5-7-21(17)28-22-15-24(2,3)14-20(19(22)16-26-28)27-23(29)9-8-18-10-12-25-13-11-18/h4-13,16,20H,14-15H2,1-3H3,(H,27,29)/b9-8+/t20-/m0/s1. The van der Waals surface area contributed by atoms with Crippen molar-refractivity contribution in [2.45, 2.75) is 39.7 Å². The highest BCUT2D eigenvalue weighted by Crippen LogP contribution is 2.41. The van der Waals surface area contributed by atoms with Crippen LogP contribution in [0.15, 0.2) is 61.1 Å². The van der Waals surface area contributed by atoms with Crippen molar-refractivity contribution >= 4 is 12.0 Å². The zero-order chi connectivity index (χ0) is 20.4. The number of carbonyl (C=O) groups excluding carboxylic acids is 1. The summed E-state index contributed by atoms with van der Waals surface area (Å²) in [6.45, 7) is 6.59. The predicted molar refractivity (Wildman–Crippen MR) is 115 cm³/mol. The topological polar surface area (TPSA) is 59.8 Å². The molecule has 1 atom stereocenters. The zero-order valence-electron chi connectivity index (χ0n) is 17.1. The summed E-state index contributed by atoms with van der Waals surface area (Å²) in [5, 5.41) is 7.87. The van der Waals surface area contributed by atoms with Gasteiger partial charge in [0.1, 0.15) is 0 Å². The maximum atomic E-state index is 12.6. The minimum absolute atomic E-state index is 0.0545. The number of hydrogen-bond donors (Lipinski definition) is 1. The van der Waals surface area contributed by atoms with E-state index in [1.165, 1.54) is 11.3 Å². The SMILES string of the molecule is Cc1ccccc1-n1ncc2c1CC(C)(C)C[C@@H]2NC(=O)/C=C/c1ccncc1. The summed E-state index contributed by atoms with van der Waals surface area (Å²) >= 11 is 0. The molecule has 29 heavy (non-hydrogen) atoms. The number of para-hydroxylation sites is 1. The van der Waals surface area contributed by atoms with E-state index in [2.05, 4.69) is 48.3 Å². The lowest BCUT2D eigenvalue weighted by molar-refractivity contribution is -0.117. The normalized spacial score (nSPS) is 17.8. The summed E-state index contributed by atoms with van der Waals surface area (Å²) in [5.41, 5.74) is 5.58. The van der Waals surface area contributed by atoms with Crippen molar-refractivity contribution in [3.8, 4) is 5.69 Å². The van der Waals surface area contributed by atoms with Crippen molar-refractivity contribution in [2.24, 2.45) is 5.41 Å². The largest absolute Gasteiger partial charge is 0.346 e. The number of rotatable bonds is 4. The molecule has 1 aliphatic rings. The molecule has 1 amide bonds. The predicted octanol–water partition coefficient (Wildman–Crippen LogP) is 4.42. The lowest BCUT2D eigenvalue weighted by Gasteiger charge is -2.35. The second kappa shape index (κ2) is 7.66. The first-order valence-corrected chi connectivity index (χ1v) is 9.94. The first kappa shape index (κ1) is 19.1. The molecule has 5 heteroatoms. The Morgan fingerprint density at radius 2 is 1.97 bits per heavy atom. The lowest BCUT2D eigenvalue weighted by Crippen LogP contribution is -2.36. The average Bonchev–Trinajstić information content (AvgIpc) is 3.10. The Bertz CT molecular complexity index is 1050. The first-order chi connectivity index (χ1) is 13.9. The van der Waals surface area contributed by atoms with Crippen LogP contribution in [0.5, 0.6) is 0 Å². The second-order valence-corrected chi connectivity index (χ2v) is 8.47. The van der Waals surface area contributed by atoms with Gasteiger partial charge in [0.2, 0.25) is 5.91 Å². The Balaban J connectivity index is 1.61. The number of nitrogens with one attached hydrogen (secondary N) is 1. The van der Waals surface area contributed by atoms with Gasteiger partial charge in [-0.3, -0.25) is 9.78 Å². The fourth-order valence-electron chi connectivity index (χ4n) is 4.05. The summed E-state index contributed by atoms with van der Waals surface area (Å²) in [4.78, 5) is 16.6. The molecule has 0 unspecified atom stereocenters. The van der Waals surface area contributed by atoms with E-state index < -0.39 is 0 Å². The van der Waals surface area contributed by atoms with E-state index in [0.29, 0.717) is 0 Å². The number of nitrogens with zero attached hydrogens (tertiary/aromatic N) is 3. The Hall–Kier alpha value is -3.21. The molecule has 148 valence electrons. The number of pyridine rings is 1. The van der Waals surface area contributed by atoms with Crippen molar-refractivity contribution in [1.82, 2.24) is 20.1 Å². The third kappa shape index (κ3) is 4.14. The number of benzene rings is 1. The maximum absolute atomic E-state index is 12.6. The highest BCUT2D eigenvalue weighted by Gasteiger charge is 2.35. The van der Waals surface area contributed by atoms with Crippen molar-refractivity contribution in [2.75, 3.05) is 0 Å². The molecule has 0 aliphatic heterocycles. The van der Waals surface area contributed by atoms with Crippen LogP contribution in [-0.4, -0.2) is 20.7 Å². The van der Waals surface area contributed by atoms with Crippen LogP contribution in [0.3, 0.4) is 0 Å². The van der Waals surface area contributed by atoms with Gasteiger partial charge in [-0.05, 0) is 60.6 Å². The van der Waals surface area contributed by atoms with E-state index >= 15 is 0 Å². The Morgan fingerprint density at radius 3 is 2.72 bits per heavy atom. The van der Waals surface area contributed by atoms with Crippen molar-refractivity contribution in [3.05, 3.63) is 83.4 Å². The molecule has 1 N–H and O–H groups in total. The van der Waals surface area contributed by atoms with Crippen LogP contribution in [0.25, 0.3) is 11.8 Å². The van der Waals surface area contributed by atoms with Gasteiger partial charge in [-0.2, -0.15) is 5.10 Å². The highest BCUT2D eigenvalue weighted by molar-refractivity contribution is 5.92. The van der Waals surface area contributed by atoms with Crippen LogP contribution in [0, 0.1) is 12.3 Å². The van der Waals surface area contributed by atoms with Crippen LogP contribution < -0.4 is 5.32 Å². The fourth-order valence-corrected chi connectivity index (χ4v) is 4.05. The van der Waals surface area contributed by atoms with Gasteiger partial charge < -0.3 is 5.32 Å². The summed E-state index contributed by atoms with van der Waals surface area (Å²) in [5.74, 6) is -0.0981. The van der Waals surface area contributed by atoms with E-state index in [0.717, 1.165) is 29.7 Å². The van der Waals surface area contributed by atoms with Gasteiger partial charge in [-0.1, -0.05) is 32.0 Å². The Morgan fingerprint density at radius 1 is 1.21 bits per heavy atom. The van der Waals surface area contributed by atoms with E-state index in [1.54, 1.807) is 18.5 Å². The van der Waals surface area contributed by atoms with Gasteiger partial charge in [0.25, 0.3) is 0 Å². The molecule has 3 aromatic rings. The van der Waals surface area contributed by atoms with Crippen molar-refractivity contribution in [3.63, 3.8) is 0 Å². The monoisotopic (exact) mass is 386 g/mol. The number of aryl methyl sites for hydroxylation is 1. The molecule has 2 heterocycles. The van der Waals surface area contributed by atoms with Gasteiger partial charge >= 0.3 is 0 Å². The molecule has 4 rings (SSSR count). The molecular weight excluding hydrogens is 360 g/mol. The highest BCUT2D eigenvalue weighted by atomic mass is 16.1. The van der Waals surface area contributed by atoms with Crippen LogP contribution >= 0.6 is 0 Å². The number of hydrogen-bond acceptors (Lipinski definition) is 3. The number of carbonyl (C=O) groups is 1. The van der Waals surface area contributed by atoms with Gasteiger partial charge in [-0.25, -0.2) is 4.68 Å². The van der Waals surface area contributed by atoms with Gasteiger partial charge in [0.15, 0.2) is 0 Å². The summed E-state index contributed by atoms with van der Waals surface area (Å²) in [6.07, 6.45) is 10.5. The molecule has 0 spiro atoms. The molecule has 0 fully saturated rings. The average molecular weight is 386 g/mol. The van der Waals surface area contributed by atoms with E-state index in [-0.39, 0.29) is 17.4 Å². The van der Waals surface area contributed by atoms with Crippen LogP contribution in [0.1, 0.15) is 48.7 Å². The Labute approximate surface area is 171 Å². The van der Waals surface area contributed by atoms with Crippen LogP contribution in [0.4, 0.5) is 0 Å². The summed E-state index contributed by atoms with van der Waals surface area (Å²) in [6, 6.07) is 12.0. The van der Waals surface area contributed by atoms with Crippen molar-refractivity contribution in [1.29, 1.82) is 0 Å². The minimum atomic E-state index is -0.0981. The van der Waals surface area contributed by atoms with Gasteiger partial charge in [0, 0.05) is 24.0 Å². The van der Waals surface area contributed by atoms with Crippen LogP contribution in [0.2, 0.25) is 0 Å². The molecule has 2 aromatic heterocycles. The lowest BCUT2D eigenvalue weighted by atomic mass is 9.74. The minimum Gasteiger partial charge on any atom is -0.346 e. The van der Waals surface area contributed by atoms with E-state index in [4.69, 9.17) is 0 Å². The van der Waals surface area contributed by atoms with Gasteiger partial charge in [-0.15, -0.1) is 0 Å². The second-order valence-electron chi connectivity index (χ2n) is 8.47. The molecule has 5 nitrogen and oxygen atoms in total. The quantitative estimate of drug-likeness (QED) is 0.675. The Kier molecular flexibility index (Phi) is 5.05. The summed E-state index contributed by atoms with van der Waals surface area (Å²) < 4.78 is 2.04. The fraction of sp³-hybridized carbons (Fsp3) is 0.292. The summed E-state index contributed by atoms with van der Waals surface area (Å²) in [7, 11) is 0. The molecular formula is C24H26N4O. The van der Waals surface area contributed by atoms with E-state index in [9.17, 15) is 4.79 Å². The first-order valence-electron chi connectivity index (χ1n) is 9.94.